The second-order valence-electron chi connectivity index (χ2n) is 5.09. The van der Waals surface area contributed by atoms with Gasteiger partial charge in [-0.3, -0.25) is 4.99 Å². The molecule has 22 heavy (non-hydrogen) atoms. The minimum absolute atomic E-state index is 0.175. The molecule has 0 saturated carbocycles. The van der Waals surface area contributed by atoms with Gasteiger partial charge in [-0.05, 0) is 30.5 Å². The van der Waals surface area contributed by atoms with Gasteiger partial charge in [0, 0.05) is 39.1 Å². The maximum atomic E-state index is 13.2. The molecule has 6 heteroatoms. The Bertz CT molecular complexity index is 607. The van der Waals surface area contributed by atoms with Gasteiger partial charge in [-0.2, -0.15) is 0 Å². The van der Waals surface area contributed by atoms with Crippen LogP contribution in [-0.2, 0) is 13.1 Å². The first-order valence-corrected chi connectivity index (χ1v) is 7.34. The highest BCUT2D eigenvalue weighted by molar-refractivity contribution is 5.79. The maximum Gasteiger partial charge on any atom is 0.191 e. The number of aliphatic imine (C=N–C) groups is 1. The fourth-order valence-corrected chi connectivity index (χ4v) is 2.11. The smallest absolute Gasteiger partial charge is 0.191 e. The number of hydrogen-bond acceptors (Lipinski definition) is 2. The normalized spacial score (nSPS) is 11.5. The molecule has 0 unspecified atom stereocenters. The molecule has 118 valence electrons. The SMILES string of the molecule is CN=C(NCCCn1ccnc1)NCc1ccc(F)c(C)c1. The van der Waals surface area contributed by atoms with Crippen LogP contribution in [0, 0.1) is 12.7 Å². The van der Waals surface area contributed by atoms with Crippen molar-refractivity contribution in [2.75, 3.05) is 13.6 Å². The molecule has 2 rings (SSSR count). The Morgan fingerprint density at radius 3 is 2.91 bits per heavy atom. The Morgan fingerprint density at radius 2 is 2.23 bits per heavy atom. The average Bonchev–Trinajstić information content (AvgIpc) is 3.03. The van der Waals surface area contributed by atoms with Crippen molar-refractivity contribution in [2.45, 2.75) is 26.4 Å². The summed E-state index contributed by atoms with van der Waals surface area (Å²) in [5.74, 6) is 0.568. The van der Waals surface area contributed by atoms with Gasteiger partial charge in [0.2, 0.25) is 0 Å². The van der Waals surface area contributed by atoms with Crippen LogP contribution in [0.25, 0.3) is 0 Å². The zero-order chi connectivity index (χ0) is 15.8. The maximum absolute atomic E-state index is 13.2. The largest absolute Gasteiger partial charge is 0.356 e. The summed E-state index contributed by atoms with van der Waals surface area (Å²) in [6, 6.07) is 5.12. The lowest BCUT2D eigenvalue weighted by Crippen LogP contribution is -2.37. The summed E-state index contributed by atoms with van der Waals surface area (Å²) in [7, 11) is 1.74. The topological polar surface area (TPSA) is 54.2 Å². The van der Waals surface area contributed by atoms with E-state index in [0.29, 0.717) is 12.1 Å². The molecule has 1 aromatic heterocycles. The molecule has 0 aliphatic rings. The molecule has 1 aromatic carbocycles. The molecule has 0 bridgehead atoms. The zero-order valence-electron chi connectivity index (χ0n) is 13.0. The van der Waals surface area contributed by atoms with Gasteiger partial charge in [0.25, 0.3) is 0 Å². The highest BCUT2D eigenvalue weighted by atomic mass is 19.1. The van der Waals surface area contributed by atoms with Gasteiger partial charge in [-0.25, -0.2) is 9.37 Å². The van der Waals surface area contributed by atoms with E-state index in [-0.39, 0.29) is 5.82 Å². The van der Waals surface area contributed by atoms with Gasteiger partial charge in [0.15, 0.2) is 5.96 Å². The molecule has 0 aliphatic heterocycles. The van der Waals surface area contributed by atoms with E-state index >= 15 is 0 Å². The molecule has 0 spiro atoms. The third kappa shape index (κ3) is 4.87. The van der Waals surface area contributed by atoms with Crippen molar-refractivity contribution in [3.05, 3.63) is 53.9 Å². The summed E-state index contributed by atoms with van der Waals surface area (Å²) in [5, 5.41) is 6.48. The van der Waals surface area contributed by atoms with Crippen LogP contribution in [0.1, 0.15) is 17.5 Å². The highest BCUT2D eigenvalue weighted by Gasteiger charge is 2.01. The van der Waals surface area contributed by atoms with E-state index in [0.717, 1.165) is 31.0 Å². The molecule has 0 fully saturated rings. The predicted molar refractivity (Wildman–Crippen MR) is 86.2 cm³/mol. The predicted octanol–water partition coefficient (Wildman–Crippen LogP) is 2.09. The molecule has 1 heterocycles. The molecule has 0 aliphatic carbocycles. The van der Waals surface area contributed by atoms with Gasteiger partial charge in [-0.1, -0.05) is 12.1 Å². The van der Waals surface area contributed by atoms with Gasteiger partial charge in [0.1, 0.15) is 5.82 Å². The van der Waals surface area contributed by atoms with Crippen molar-refractivity contribution in [1.29, 1.82) is 0 Å². The van der Waals surface area contributed by atoms with E-state index < -0.39 is 0 Å². The number of nitrogens with zero attached hydrogens (tertiary/aromatic N) is 3. The fraction of sp³-hybridized carbons (Fsp3) is 0.375. The summed E-state index contributed by atoms with van der Waals surface area (Å²) in [6.45, 7) is 4.12. The highest BCUT2D eigenvalue weighted by Crippen LogP contribution is 2.08. The summed E-state index contributed by atoms with van der Waals surface area (Å²) in [4.78, 5) is 8.19. The van der Waals surface area contributed by atoms with Crippen molar-refractivity contribution in [3.63, 3.8) is 0 Å². The lowest BCUT2D eigenvalue weighted by molar-refractivity contribution is 0.616. The number of imidazole rings is 1. The fourth-order valence-electron chi connectivity index (χ4n) is 2.11. The van der Waals surface area contributed by atoms with E-state index in [4.69, 9.17) is 0 Å². The summed E-state index contributed by atoms with van der Waals surface area (Å²) < 4.78 is 15.3. The molecule has 0 saturated heterocycles. The lowest BCUT2D eigenvalue weighted by atomic mass is 10.1. The number of hydrogen-bond donors (Lipinski definition) is 2. The van der Waals surface area contributed by atoms with E-state index in [1.165, 1.54) is 6.07 Å². The summed E-state index contributed by atoms with van der Waals surface area (Å²) in [5.41, 5.74) is 1.68. The minimum Gasteiger partial charge on any atom is -0.356 e. The molecule has 0 radical (unpaired) electrons. The molecular formula is C16H22FN5. The van der Waals surface area contributed by atoms with Crippen molar-refractivity contribution in [2.24, 2.45) is 4.99 Å². The molecule has 2 N–H and O–H groups in total. The van der Waals surface area contributed by atoms with Crippen LogP contribution in [0.5, 0.6) is 0 Å². The molecule has 0 atom stereocenters. The van der Waals surface area contributed by atoms with E-state index in [1.807, 2.05) is 23.2 Å². The van der Waals surface area contributed by atoms with Crippen LogP contribution in [-0.4, -0.2) is 29.1 Å². The van der Waals surface area contributed by atoms with Gasteiger partial charge < -0.3 is 15.2 Å². The van der Waals surface area contributed by atoms with E-state index in [2.05, 4.69) is 20.6 Å². The van der Waals surface area contributed by atoms with Crippen LogP contribution >= 0.6 is 0 Å². The molecule has 5 nitrogen and oxygen atoms in total. The number of aryl methyl sites for hydroxylation is 2. The molecular weight excluding hydrogens is 281 g/mol. The second-order valence-corrected chi connectivity index (χ2v) is 5.09. The van der Waals surface area contributed by atoms with Gasteiger partial charge >= 0.3 is 0 Å². The first-order valence-electron chi connectivity index (χ1n) is 7.34. The average molecular weight is 303 g/mol. The van der Waals surface area contributed by atoms with Crippen molar-refractivity contribution in [3.8, 4) is 0 Å². The second kappa shape index (κ2) is 8.17. The van der Waals surface area contributed by atoms with Gasteiger partial charge in [-0.15, -0.1) is 0 Å². The zero-order valence-corrected chi connectivity index (χ0v) is 13.0. The summed E-state index contributed by atoms with van der Waals surface area (Å²) in [6.07, 6.45) is 6.51. The summed E-state index contributed by atoms with van der Waals surface area (Å²) >= 11 is 0. The monoisotopic (exact) mass is 303 g/mol. The number of benzene rings is 1. The first-order chi connectivity index (χ1) is 10.7. The quantitative estimate of drug-likeness (QED) is 0.488. The van der Waals surface area contributed by atoms with Gasteiger partial charge in [0.05, 0.1) is 6.33 Å². The number of aromatic nitrogens is 2. The van der Waals surface area contributed by atoms with Crippen LogP contribution in [0.15, 0.2) is 41.9 Å². The van der Waals surface area contributed by atoms with Crippen LogP contribution in [0.4, 0.5) is 4.39 Å². The van der Waals surface area contributed by atoms with Crippen molar-refractivity contribution >= 4 is 5.96 Å². The molecule has 2 aromatic rings. The van der Waals surface area contributed by atoms with Crippen LogP contribution < -0.4 is 10.6 Å². The Labute approximate surface area is 130 Å². The number of guanidine groups is 1. The Kier molecular flexibility index (Phi) is 5.94. The van der Waals surface area contributed by atoms with E-state index in [1.54, 1.807) is 26.2 Å². The third-order valence-corrected chi connectivity index (χ3v) is 3.35. The van der Waals surface area contributed by atoms with Crippen LogP contribution in [0.2, 0.25) is 0 Å². The Hall–Kier alpha value is -2.37. The third-order valence-electron chi connectivity index (χ3n) is 3.35. The Morgan fingerprint density at radius 1 is 1.36 bits per heavy atom. The van der Waals surface area contributed by atoms with Crippen molar-refractivity contribution in [1.82, 2.24) is 20.2 Å². The van der Waals surface area contributed by atoms with E-state index in [9.17, 15) is 4.39 Å². The Balaban J connectivity index is 1.71. The lowest BCUT2D eigenvalue weighted by Gasteiger charge is -2.12. The van der Waals surface area contributed by atoms with Crippen LogP contribution in [0.3, 0.4) is 0 Å². The number of rotatable bonds is 6. The number of nitrogens with one attached hydrogen (secondary N) is 2. The van der Waals surface area contributed by atoms with Crippen molar-refractivity contribution < 1.29 is 4.39 Å². The minimum atomic E-state index is -0.175. The standard InChI is InChI=1S/C16H22FN5/c1-13-10-14(4-5-15(13)17)11-21-16(18-2)20-6-3-8-22-9-7-19-12-22/h4-5,7,9-10,12H,3,6,8,11H2,1-2H3,(H2,18,20,21). The first kappa shape index (κ1) is 16.0. The molecule has 0 amide bonds. The number of halogens is 1.